The van der Waals surface area contributed by atoms with Gasteiger partial charge in [0.25, 0.3) is 0 Å². The van der Waals surface area contributed by atoms with E-state index < -0.39 is 0 Å². The van der Waals surface area contributed by atoms with Gasteiger partial charge in [0.1, 0.15) is 0 Å². The van der Waals surface area contributed by atoms with Crippen LogP contribution in [0, 0.1) is 0 Å². The molecule has 0 saturated heterocycles. The molecule has 0 aliphatic heterocycles. The summed E-state index contributed by atoms with van der Waals surface area (Å²) in [5, 5.41) is 0. The number of hydrogen-bond acceptors (Lipinski definition) is 2. The number of fused-ring (bicyclic) bond motifs is 1. The lowest BCUT2D eigenvalue weighted by Gasteiger charge is -1.98. The molecule has 0 spiro atoms. The highest BCUT2D eigenvalue weighted by Crippen LogP contribution is 2.09. The molecule has 0 fully saturated rings. The van der Waals surface area contributed by atoms with Crippen LogP contribution >= 0.6 is 0 Å². The standard InChI is InChI=1S/C11H10N2/c1-2-4-9-6-7-10-11(13-9)5-3-8-12-10/h2-3,5-8H,1,4H2. The van der Waals surface area contributed by atoms with Gasteiger partial charge >= 0.3 is 0 Å². The Morgan fingerprint density at radius 2 is 2.15 bits per heavy atom. The summed E-state index contributed by atoms with van der Waals surface area (Å²) < 4.78 is 0. The lowest BCUT2D eigenvalue weighted by atomic mass is 10.2. The van der Waals surface area contributed by atoms with Crippen molar-refractivity contribution in [2.45, 2.75) is 6.42 Å². The van der Waals surface area contributed by atoms with Gasteiger partial charge in [0.15, 0.2) is 0 Å². The molecule has 0 N–H and O–H groups in total. The van der Waals surface area contributed by atoms with Crippen LogP contribution in [0.15, 0.2) is 43.1 Å². The minimum atomic E-state index is 0.810. The van der Waals surface area contributed by atoms with Gasteiger partial charge in [-0.3, -0.25) is 9.97 Å². The maximum atomic E-state index is 4.43. The number of nitrogens with zero attached hydrogens (tertiary/aromatic N) is 2. The summed E-state index contributed by atoms with van der Waals surface area (Å²) in [7, 11) is 0. The molecule has 0 radical (unpaired) electrons. The molecule has 0 saturated carbocycles. The van der Waals surface area contributed by atoms with Crippen molar-refractivity contribution in [1.82, 2.24) is 9.97 Å². The maximum absolute atomic E-state index is 4.43. The summed E-state index contributed by atoms with van der Waals surface area (Å²) in [6, 6.07) is 7.83. The van der Waals surface area contributed by atoms with E-state index in [0.717, 1.165) is 23.1 Å². The second kappa shape index (κ2) is 3.35. The molecular formula is C11H10N2. The van der Waals surface area contributed by atoms with Crippen LogP contribution in [0.2, 0.25) is 0 Å². The van der Waals surface area contributed by atoms with Crippen molar-refractivity contribution in [3.05, 3.63) is 48.8 Å². The van der Waals surface area contributed by atoms with Gasteiger partial charge in [0.2, 0.25) is 0 Å². The first kappa shape index (κ1) is 7.92. The molecule has 2 nitrogen and oxygen atoms in total. The van der Waals surface area contributed by atoms with Gasteiger partial charge in [0, 0.05) is 18.3 Å². The number of allylic oxidation sites excluding steroid dienone is 1. The predicted octanol–water partition coefficient (Wildman–Crippen LogP) is 2.36. The molecule has 0 unspecified atom stereocenters. The van der Waals surface area contributed by atoms with Gasteiger partial charge in [-0.1, -0.05) is 6.08 Å². The summed E-state index contributed by atoms with van der Waals surface area (Å²) in [4.78, 5) is 8.63. The molecule has 0 aliphatic rings. The number of rotatable bonds is 2. The van der Waals surface area contributed by atoms with Crippen molar-refractivity contribution in [3.63, 3.8) is 0 Å². The van der Waals surface area contributed by atoms with Crippen LogP contribution in [0.1, 0.15) is 5.69 Å². The molecule has 0 bridgehead atoms. The van der Waals surface area contributed by atoms with Gasteiger partial charge in [-0.25, -0.2) is 0 Å². The molecule has 0 amide bonds. The Morgan fingerprint density at radius 3 is 3.00 bits per heavy atom. The lowest BCUT2D eigenvalue weighted by molar-refractivity contribution is 1.14. The van der Waals surface area contributed by atoms with Crippen LogP contribution in [0.5, 0.6) is 0 Å². The maximum Gasteiger partial charge on any atom is 0.0890 e. The van der Waals surface area contributed by atoms with E-state index in [1.54, 1.807) is 6.20 Å². The summed E-state index contributed by atoms with van der Waals surface area (Å²) in [5.41, 5.74) is 2.92. The summed E-state index contributed by atoms with van der Waals surface area (Å²) in [5.74, 6) is 0. The van der Waals surface area contributed by atoms with E-state index >= 15 is 0 Å². The van der Waals surface area contributed by atoms with Crippen LogP contribution in [0.25, 0.3) is 11.0 Å². The van der Waals surface area contributed by atoms with Crippen molar-refractivity contribution in [2.24, 2.45) is 0 Å². The molecule has 2 heteroatoms. The third-order valence-corrected chi connectivity index (χ3v) is 1.87. The van der Waals surface area contributed by atoms with Crippen molar-refractivity contribution >= 4 is 11.0 Å². The first-order chi connectivity index (χ1) is 6.40. The molecular weight excluding hydrogens is 160 g/mol. The van der Waals surface area contributed by atoms with Crippen LogP contribution in [0.4, 0.5) is 0 Å². The average molecular weight is 170 g/mol. The highest BCUT2D eigenvalue weighted by Gasteiger charge is 1.95. The molecule has 2 heterocycles. The fourth-order valence-corrected chi connectivity index (χ4v) is 1.26. The average Bonchev–Trinajstić information content (AvgIpc) is 2.18. The Balaban J connectivity index is 2.55. The molecule has 0 aliphatic carbocycles. The van der Waals surface area contributed by atoms with Gasteiger partial charge in [0.05, 0.1) is 11.0 Å². The zero-order valence-corrected chi connectivity index (χ0v) is 7.27. The van der Waals surface area contributed by atoms with E-state index in [2.05, 4.69) is 16.5 Å². The fraction of sp³-hybridized carbons (Fsp3) is 0.0909. The second-order valence-electron chi connectivity index (χ2n) is 2.84. The van der Waals surface area contributed by atoms with E-state index in [0.29, 0.717) is 0 Å². The number of aromatic nitrogens is 2. The van der Waals surface area contributed by atoms with E-state index in [1.165, 1.54) is 0 Å². The molecule has 0 atom stereocenters. The first-order valence-corrected chi connectivity index (χ1v) is 4.22. The highest BCUT2D eigenvalue weighted by atomic mass is 14.7. The van der Waals surface area contributed by atoms with Crippen molar-refractivity contribution in [2.75, 3.05) is 0 Å². The fourth-order valence-electron chi connectivity index (χ4n) is 1.26. The first-order valence-electron chi connectivity index (χ1n) is 4.22. The second-order valence-corrected chi connectivity index (χ2v) is 2.84. The minimum Gasteiger partial charge on any atom is -0.255 e. The topological polar surface area (TPSA) is 25.8 Å². The Kier molecular flexibility index (Phi) is 2.04. The smallest absolute Gasteiger partial charge is 0.0890 e. The third kappa shape index (κ3) is 1.56. The number of pyridine rings is 2. The van der Waals surface area contributed by atoms with E-state index in [-0.39, 0.29) is 0 Å². The summed E-state index contributed by atoms with van der Waals surface area (Å²) in [6.45, 7) is 3.68. The van der Waals surface area contributed by atoms with Crippen LogP contribution in [-0.4, -0.2) is 9.97 Å². The van der Waals surface area contributed by atoms with Gasteiger partial charge in [-0.05, 0) is 24.3 Å². The van der Waals surface area contributed by atoms with Gasteiger partial charge in [-0.2, -0.15) is 0 Å². The Morgan fingerprint density at radius 1 is 1.23 bits per heavy atom. The molecule has 2 aromatic rings. The molecule has 0 aromatic carbocycles. The quantitative estimate of drug-likeness (QED) is 0.646. The SMILES string of the molecule is C=CCc1ccc2ncccc2n1. The van der Waals surface area contributed by atoms with Crippen LogP contribution in [-0.2, 0) is 6.42 Å². The van der Waals surface area contributed by atoms with E-state index in [1.807, 2.05) is 30.3 Å². The van der Waals surface area contributed by atoms with Crippen molar-refractivity contribution in [3.8, 4) is 0 Å². The minimum absolute atomic E-state index is 0.810. The normalized spacial score (nSPS) is 10.2. The molecule has 2 rings (SSSR count). The largest absolute Gasteiger partial charge is 0.255 e. The third-order valence-electron chi connectivity index (χ3n) is 1.87. The molecule has 13 heavy (non-hydrogen) atoms. The predicted molar refractivity (Wildman–Crippen MR) is 53.4 cm³/mol. The summed E-state index contributed by atoms with van der Waals surface area (Å²) >= 11 is 0. The van der Waals surface area contributed by atoms with E-state index in [4.69, 9.17) is 0 Å². The Labute approximate surface area is 77.0 Å². The summed E-state index contributed by atoms with van der Waals surface area (Å²) in [6.07, 6.45) is 4.44. The van der Waals surface area contributed by atoms with Gasteiger partial charge < -0.3 is 0 Å². The monoisotopic (exact) mass is 170 g/mol. The zero-order chi connectivity index (χ0) is 9.10. The zero-order valence-electron chi connectivity index (χ0n) is 7.27. The number of hydrogen-bond donors (Lipinski definition) is 0. The van der Waals surface area contributed by atoms with Crippen LogP contribution < -0.4 is 0 Å². The van der Waals surface area contributed by atoms with Crippen LogP contribution in [0.3, 0.4) is 0 Å². The molecule has 2 aromatic heterocycles. The van der Waals surface area contributed by atoms with Gasteiger partial charge in [-0.15, -0.1) is 6.58 Å². The van der Waals surface area contributed by atoms with E-state index in [9.17, 15) is 0 Å². The lowest BCUT2D eigenvalue weighted by Crippen LogP contribution is -1.88. The van der Waals surface area contributed by atoms with Crippen molar-refractivity contribution < 1.29 is 0 Å². The van der Waals surface area contributed by atoms with Crippen molar-refractivity contribution in [1.29, 1.82) is 0 Å². The Hall–Kier alpha value is -1.70. The Bertz CT molecular complexity index is 435. The highest BCUT2D eigenvalue weighted by molar-refractivity contribution is 5.73. The molecule has 64 valence electrons.